The summed E-state index contributed by atoms with van der Waals surface area (Å²) in [7, 11) is 0. The van der Waals surface area contributed by atoms with Crippen LogP contribution in [0.3, 0.4) is 0 Å². The molecule has 1 aliphatic carbocycles. The average Bonchev–Trinajstić information content (AvgIpc) is 3.03. The van der Waals surface area contributed by atoms with Crippen LogP contribution in [0.2, 0.25) is 0 Å². The van der Waals surface area contributed by atoms with Crippen molar-refractivity contribution in [1.29, 1.82) is 0 Å². The molecule has 0 aliphatic heterocycles. The molecule has 0 bridgehead atoms. The number of carbonyl (C=O) groups is 1. The number of carbonyl (C=O) groups excluding carboxylic acids is 1. The van der Waals surface area contributed by atoms with Crippen LogP contribution in [0.15, 0.2) is 36.1 Å². The highest BCUT2D eigenvalue weighted by atomic mass is 32.1. The van der Waals surface area contributed by atoms with Gasteiger partial charge in [-0.25, -0.2) is 0 Å². The Balaban J connectivity index is 1.57. The fraction of sp³-hybridized carbons (Fsp3) is 0.438. The first-order valence-corrected chi connectivity index (χ1v) is 8.36. The van der Waals surface area contributed by atoms with Crippen molar-refractivity contribution in [3.05, 3.63) is 46.7 Å². The molecule has 0 radical (unpaired) electrons. The van der Waals surface area contributed by atoms with Crippen LogP contribution in [0.1, 0.15) is 35.9 Å². The lowest BCUT2D eigenvalue weighted by molar-refractivity contribution is -0.123. The van der Waals surface area contributed by atoms with Gasteiger partial charge in [0.1, 0.15) is 0 Å². The number of nitrogens with one attached hydrogen (secondary N) is 1. The van der Waals surface area contributed by atoms with E-state index in [1.807, 2.05) is 17.5 Å². The van der Waals surface area contributed by atoms with E-state index < -0.39 is 0 Å². The summed E-state index contributed by atoms with van der Waals surface area (Å²) in [5, 5.41) is 14.7. The van der Waals surface area contributed by atoms with E-state index in [0.29, 0.717) is 18.8 Å². The number of rotatable bonds is 6. The minimum atomic E-state index is -0.219. The molecule has 6 heteroatoms. The maximum atomic E-state index is 12.2. The number of aliphatic hydroxyl groups excluding tert-OH is 1. The van der Waals surface area contributed by atoms with Crippen LogP contribution in [0, 0.1) is 5.92 Å². The minimum Gasteiger partial charge on any atom is -0.393 e. The van der Waals surface area contributed by atoms with Crippen LogP contribution in [-0.2, 0) is 11.2 Å². The number of thiophene rings is 1. The molecule has 1 fully saturated rings. The summed E-state index contributed by atoms with van der Waals surface area (Å²) >= 11 is 1.65. The minimum absolute atomic E-state index is 0.0118. The third-order valence-electron chi connectivity index (χ3n) is 4.01. The highest BCUT2D eigenvalue weighted by Gasteiger charge is 2.36. The summed E-state index contributed by atoms with van der Waals surface area (Å²) < 4.78 is 0. The molecule has 116 valence electrons. The van der Waals surface area contributed by atoms with Crippen LogP contribution in [-0.4, -0.2) is 27.1 Å². The molecule has 1 atom stereocenters. The third kappa shape index (κ3) is 3.69. The highest BCUT2D eigenvalue weighted by Crippen LogP contribution is 2.39. The number of amides is 1. The molecule has 1 saturated carbocycles. The summed E-state index contributed by atoms with van der Waals surface area (Å²) in [6.07, 6.45) is 7.23. The fourth-order valence-electron chi connectivity index (χ4n) is 2.74. The van der Waals surface area contributed by atoms with E-state index in [1.165, 1.54) is 0 Å². The lowest BCUT2D eigenvalue weighted by Gasteiger charge is -2.37. The predicted octanol–water partition coefficient (Wildman–Crippen LogP) is 2.10. The Morgan fingerprint density at radius 1 is 1.45 bits per heavy atom. The van der Waals surface area contributed by atoms with E-state index in [-0.39, 0.29) is 18.1 Å². The zero-order valence-electron chi connectivity index (χ0n) is 12.2. The van der Waals surface area contributed by atoms with Crippen LogP contribution < -0.4 is 5.32 Å². The molecule has 2 N–H and O–H groups in total. The second-order valence-corrected chi connectivity index (χ2v) is 6.62. The van der Waals surface area contributed by atoms with Crippen molar-refractivity contribution < 1.29 is 9.90 Å². The molecule has 1 aliphatic rings. The molecule has 3 rings (SSSR count). The molecule has 2 aromatic heterocycles. The first kappa shape index (κ1) is 15.1. The quantitative estimate of drug-likeness (QED) is 0.855. The zero-order chi connectivity index (χ0) is 15.4. The molecule has 5 nitrogen and oxygen atoms in total. The number of aliphatic hydroxyl groups is 1. The van der Waals surface area contributed by atoms with Crippen molar-refractivity contribution in [3.8, 4) is 0 Å². The van der Waals surface area contributed by atoms with Crippen molar-refractivity contribution in [2.45, 2.75) is 37.8 Å². The Morgan fingerprint density at radius 2 is 2.32 bits per heavy atom. The molecule has 2 heterocycles. The van der Waals surface area contributed by atoms with Gasteiger partial charge in [-0.1, -0.05) is 6.07 Å². The molecule has 0 saturated heterocycles. The summed E-state index contributed by atoms with van der Waals surface area (Å²) in [5.74, 6) is 0.347. The molecular weight excluding hydrogens is 298 g/mol. The predicted molar refractivity (Wildman–Crippen MR) is 84.3 cm³/mol. The first-order chi connectivity index (χ1) is 10.7. The standard InChI is InChI=1S/C16H19N3O2S/c20-13-8-11(9-13)16(14-2-1-7-22-14)19-15(21)4-3-12-10-17-5-6-18-12/h1-2,5-7,10-11,13,16,20H,3-4,8-9H2,(H,19,21)/t11?,13?,16-/m0/s1. The number of aryl methyl sites for hydroxylation is 1. The van der Waals surface area contributed by atoms with Gasteiger partial charge in [-0.2, -0.15) is 0 Å². The van der Waals surface area contributed by atoms with E-state index >= 15 is 0 Å². The van der Waals surface area contributed by atoms with Crippen LogP contribution in [0.25, 0.3) is 0 Å². The van der Waals surface area contributed by atoms with Crippen molar-refractivity contribution >= 4 is 17.2 Å². The van der Waals surface area contributed by atoms with Gasteiger partial charge in [-0.3, -0.25) is 14.8 Å². The fourth-order valence-corrected chi connectivity index (χ4v) is 3.61. The van der Waals surface area contributed by atoms with Crippen molar-refractivity contribution in [2.24, 2.45) is 5.92 Å². The lowest BCUT2D eigenvalue weighted by Crippen LogP contribution is -2.41. The number of nitrogens with zero attached hydrogens (tertiary/aromatic N) is 2. The van der Waals surface area contributed by atoms with Gasteiger partial charge in [0.05, 0.1) is 17.8 Å². The normalized spacial score (nSPS) is 21.9. The number of hydrogen-bond acceptors (Lipinski definition) is 5. The Morgan fingerprint density at radius 3 is 2.95 bits per heavy atom. The second-order valence-electron chi connectivity index (χ2n) is 5.64. The summed E-state index contributed by atoms with van der Waals surface area (Å²) in [6.45, 7) is 0. The zero-order valence-corrected chi connectivity index (χ0v) is 13.0. The third-order valence-corrected chi connectivity index (χ3v) is 4.97. The molecule has 0 spiro atoms. The topological polar surface area (TPSA) is 75.1 Å². The van der Waals surface area contributed by atoms with Crippen LogP contribution >= 0.6 is 11.3 Å². The summed E-state index contributed by atoms with van der Waals surface area (Å²) in [5.41, 5.74) is 0.824. The van der Waals surface area contributed by atoms with Gasteiger partial charge in [0.15, 0.2) is 0 Å². The SMILES string of the molecule is O=C(CCc1cnccn1)N[C@H](c1cccs1)C1CC(O)C1. The molecule has 1 amide bonds. The molecular formula is C16H19N3O2S. The van der Waals surface area contributed by atoms with Gasteiger partial charge in [0.2, 0.25) is 5.91 Å². The number of hydrogen-bond donors (Lipinski definition) is 2. The van der Waals surface area contributed by atoms with Crippen LogP contribution in [0.5, 0.6) is 0 Å². The van der Waals surface area contributed by atoms with E-state index in [4.69, 9.17) is 0 Å². The Labute approximate surface area is 133 Å². The summed E-state index contributed by atoms with van der Waals surface area (Å²) in [4.78, 5) is 21.6. The molecule has 22 heavy (non-hydrogen) atoms. The van der Waals surface area contributed by atoms with Gasteiger partial charge in [-0.15, -0.1) is 11.3 Å². The van der Waals surface area contributed by atoms with Crippen LogP contribution in [0.4, 0.5) is 0 Å². The number of aromatic nitrogens is 2. The Bertz CT molecular complexity index is 597. The first-order valence-electron chi connectivity index (χ1n) is 7.48. The molecule has 0 aromatic carbocycles. The summed E-state index contributed by atoms with van der Waals surface area (Å²) in [6, 6.07) is 4.05. The average molecular weight is 317 g/mol. The van der Waals surface area contributed by atoms with E-state index in [2.05, 4.69) is 15.3 Å². The van der Waals surface area contributed by atoms with E-state index in [9.17, 15) is 9.90 Å². The Hall–Kier alpha value is -1.79. The van der Waals surface area contributed by atoms with Gasteiger partial charge < -0.3 is 10.4 Å². The largest absolute Gasteiger partial charge is 0.393 e. The van der Waals surface area contributed by atoms with Crippen molar-refractivity contribution in [2.75, 3.05) is 0 Å². The van der Waals surface area contributed by atoms with Gasteiger partial charge >= 0.3 is 0 Å². The van der Waals surface area contributed by atoms with Crippen molar-refractivity contribution in [1.82, 2.24) is 15.3 Å². The monoisotopic (exact) mass is 317 g/mol. The van der Waals surface area contributed by atoms with Gasteiger partial charge in [0, 0.05) is 29.9 Å². The maximum absolute atomic E-state index is 12.2. The van der Waals surface area contributed by atoms with Gasteiger partial charge in [0.25, 0.3) is 0 Å². The van der Waals surface area contributed by atoms with E-state index in [1.54, 1.807) is 29.9 Å². The van der Waals surface area contributed by atoms with Crippen molar-refractivity contribution in [3.63, 3.8) is 0 Å². The highest BCUT2D eigenvalue weighted by molar-refractivity contribution is 7.10. The lowest BCUT2D eigenvalue weighted by atomic mass is 9.76. The Kier molecular flexibility index (Phi) is 4.80. The van der Waals surface area contributed by atoms with E-state index in [0.717, 1.165) is 23.4 Å². The smallest absolute Gasteiger partial charge is 0.220 e. The molecule has 0 unspecified atom stereocenters. The molecule has 2 aromatic rings. The maximum Gasteiger partial charge on any atom is 0.220 e. The second kappa shape index (κ2) is 6.98. The van der Waals surface area contributed by atoms with Gasteiger partial charge in [-0.05, 0) is 36.6 Å².